The maximum absolute atomic E-state index is 10.7. The van der Waals surface area contributed by atoms with Crippen LogP contribution in [0.4, 0.5) is 5.69 Å². The highest BCUT2D eigenvalue weighted by atomic mass is 16.6. The molecule has 0 unspecified atom stereocenters. The highest BCUT2D eigenvalue weighted by Crippen LogP contribution is 2.25. The largest absolute Gasteiger partial charge is 0.269 e. The fraction of sp³-hybridized carbons (Fsp3) is 0. The van der Waals surface area contributed by atoms with Gasteiger partial charge in [0, 0.05) is 12.1 Å². The topological polar surface area (TPSA) is 43.1 Å². The molecule has 0 aliphatic carbocycles. The van der Waals surface area contributed by atoms with Crippen molar-refractivity contribution in [3.8, 4) is 0 Å². The number of nitro benzene ring substituents is 1. The Labute approximate surface area is 111 Å². The monoisotopic (exact) mass is 251 g/mol. The first kappa shape index (κ1) is 12.8. The van der Waals surface area contributed by atoms with E-state index in [9.17, 15) is 10.1 Å². The molecule has 0 heterocycles. The van der Waals surface area contributed by atoms with Gasteiger partial charge in [0.15, 0.2) is 0 Å². The normalized spacial score (nSPS) is 11.1. The Morgan fingerprint density at radius 1 is 1.00 bits per heavy atom. The van der Waals surface area contributed by atoms with Gasteiger partial charge in [0.2, 0.25) is 0 Å². The van der Waals surface area contributed by atoms with Crippen molar-refractivity contribution in [3.63, 3.8) is 0 Å². The molecule has 0 aliphatic heterocycles. The summed E-state index contributed by atoms with van der Waals surface area (Å²) in [6.07, 6.45) is 3.61. The van der Waals surface area contributed by atoms with Crippen molar-refractivity contribution < 1.29 is 4.92 Å². The number of non-ortho nitro benzene ring substituents is 1. The van der Waals surface area contributed by atoms with Crippen LogP contribution >= 0.6 is 0 Å². The lowest BCUT2D eigenvalue weighted by molar-refractivity contribution is -0.384. The molecular weight excluding hydrogens is 238 g/mol. The van der Waals surface area contributed by atoms with Crippen LogP contribution in [0.5, 0.6) is 0 Å². The van der Waals surface area contributed by atoms with Crippen LogP contribution < -0.4 is 0 Å². The highest BCUT2D eigenvalue weighted by Gasteiger charge is 2.07. The van der Waals surface area contributed by atoms with E-state index in [2.05, 4.69) is 6.58 Å². The van der Waals surface area contributed by atoms with Crippen molar-refractivity contribution in [2.75, 3.05) is 0 Å². The molecule has 0 spiro atoms. The summed E-state index contributed by atoms with van der Waals surface area (Å²) in [5, 5.41) is 10.7. The van der Waals surface area contributed by atoms with E-state index in [1.165, 1.54) is 12.1 Å². The second kappa shape index (κ2) is 5.78. The number of hydrogen-bond acceptors (Lipinski definition) is 2. The van der Waals surface area contributed by atoms with E-state index in [0.29, 0.717) is 0 Å². The molecular formula is C16H13NO2. The predicted molar refractivity (Wildman–Crippen MR) is 76.8 cm³/mol. The van der Waals surface area contributed by atoms with E-state index in [0.717, 1.165) is 16.7 Å². The number of hydrogen-bond donors (Lipinski definition) is 0. The minimum Gasteiger partial charge on any atom is -0.258 e. The lowest BCUT2D eigenvalue weighted by Crippen LogP contribution is -1.90. The quantitative estimate of drug-likeness (QED) is 0.464. The summed E-state index contributed by atoms with van der Waals surface area (Å²) in [6.45, 7) is 3.71. The molecule has 94 valence electrons. The number of nitrogens with zero attached hydrogens (tertiary/aromatic N) is 1. The molecule has 0 N–H and O–H groups in total. The maximum Gasteiger partial charge on any atom is 0.269 e. The number of nitro groups is 1. The van der Waals surface area contributed by atoms with Gasteiger partial charge in [-0.15, -0.1) is 0 Å². The average Bonchev–Trinajstić information content (AvgIpc) is 2.46. The van der Waals surface area contributed by atoms with Gasteiger partial charge in [0.05, 0.1) is 4.92 Å². The summed E-state index contributed by atoms with van der Waals surface area (Å²) in [5.74, 6) is 0. The van der Waals surface area contributed by atoms with Crippen molar-refractivity contribution in [2.24, 2.45) is 0 Å². The van der Waals surface area contributed by atoms with E-state index < -0.39 is 4.92 Å². The molecule has 3 heteroatoms. The molecule has 0 atom stereocenters. The van der Waals surface area contributed by atoms with Gasteiger partial charge in [-0.3, -0.25) is 10.1 Å². The molecule has 0 aromatic heterocycles. The average molecular weight is 251 g/mol. The molecule has 0 saturated carbocycles. The number of allylic oxidation sites excluding steroid dienone is 2. The van der Waals surface area contributed by atoms with Crippen LogP contribution in [0.1, 0.15) is 11.1 Å². The van der Waals surface area contributed by atoms with Crippen LogP contribution in [0, 0.1) is 10.1 Å². The Bertz CT molecular complexity index is 613. The van der Waals surface area contributed by atoms with Crippen molar-refractivity contribution >= 4 is 11.3 Å². The van der Waals surface area contributed by atoms with Gasteiger partial charge < -0.3 is 0 Å². The summed E-state index contributed by atoms with van der Waals surface area (Å²) < 4.78 is 0. The zero-order valence-corrected chi connectivity index (χ0v) is 10.3. The fourth-order valence-electron chi connectivity index (χ4n) is 1.86. The first-order chi connectivity index (χ1) is 9.22. The first-order valence-corrected chi connectivity index (χ1v) is 5.85. The van der Waals surface area contributed by atoms with Crippen LogP contribution in [0.25, 0.3) is 5.57 Å². The Balaban J connectivity index is 2.43. The van der Waals surface area contributed by atoms with Crippen LogP contribution in [-0.4, -0.2) is 4.92 Å². The molecule has 0 radical (unpaired) electrons. The zero-order valence-electron chi connectivity index (χ0n) is 10.3. The smallest absolute Gasteiger partial charge is 0.258 e. The fourth-order valence-corrected chi connectivity index (χ4v) is 1.86. The molecule has 2 rings (SSSR count). The van der Waals surface area contributed by atoms with Crippen LogP contribution in [0.3, 0.4) is 0 Å². The summed E-state index contributed by atoms with van der Waals surface area (Å²) in [6, 6.07) is 16.4. The van der Waals surface area contributed by atoms with Gasteiger partial charge in [0.1, 0.15) is 0 Å². The van der Waals surface area contributed by atoms with Gasteiger partial charge in [-0.1, -0.05) is 49.1 Å². The molecule has 0 amide bonds. The highest BCUT2D eigenvalue weighted by molar-refractivity contribution is 5.81. The van der Waals surface area contributed by atoms with E-state index >= 15 is 0 Å². The third-order valence-electron chi connectivity index (χ3n) is 2.76. The lowest BCUT2D eigenvalue weighted by atomic mass is 9.97. The van der Waals surface area contributed by atoms with Gasteiger partial charge in [-0.25, -0.2) is 0 Å². The second-order valence-corrected chi connectivity index (χ2v) is 3.99. The summed E-state index contributed by atoms with van der Waals surface area (Å²) >= 11 is 0. The minimum absolute atomic E-state index is 0.0924. The molecule has 0 fully saturated rings. The lowest BCUT2D eigenvalue weighted by Gasteiger charge is -2.07. The molecule has 2 aromatic carbocycles. The van der Waals surface area contributed by atoms with E-state index in [4.69, 9.17) is 0 Å². The van der Waals surface area contributed by atoms with Gasteiger partial charge in [-0.2, -0.15) is 0 Å². The van der Waals surface area contributed by atoms with Crippen molar-refractivity contribution in [1.82, 2.24) is 0 Å². The Morgan fingerprint density at radius 2 is 1.58 bits per heavy atom. The summed E-state index contributed by atoms with van der Waals surface area (Å²) in [7, 11) is 0. The Kier molecular flexibility index (Phi) is 3.88. The Morgan fingerprint density at radius 3 is 2.11 bits per heavy atom. The van der Waals surface area contributed by atoms with Crippen molar-refractivity contribution in [2.45, 2.75) is 0 Å². The van der Waals surface area contributed by atoms with Gasteiger partial charge >= 0.3 is 0 Å². The predicted octanol–water partition coefficient (Wildman–Crippen LogP) is 4.21. The third-order valence-corrected chi connectivity index (χ3v) is 2.76. The molecule has 19 heavy (non-hydrogen) atoms. The molecule has 3 nitrogen and oxygen atoms in total. The van der Waals surface area contributed by atoms with E-state index in [1.807, 2.05) is 36.4 Å². The number of benzene rings is 2. The SMILES string of the molecule is C=C/C=C(/c1ccccc1)c1ccc([N+](=O)[O-])cc1. The minimum atomic E-state index is -0.400. The summed E-state index contributed by atoms with van der Waals surface area (Å²) in [5.41, 5.74) is 3.06. The summed E-state index contributed by atoms with van der Waals surface area (Å²) in [4.78, 5) is 10.3. The van der Waals surface area contributed by atoms with Crippen LogP contribution in [0.2, 0.25) is 0 Å². The van der Waals surface area contributed by atoms with E-state index in [1.54, 1.807) is 18.2 Å². The molecule has 2 aromatic rings. The van der Waals surface area contributed by atoms with E-state index in [-0.39, 0.29) is 5.69 Å². The Hall–Kier alpha value is -2.68. The van der Waals surface area contributed by atoms with Crippen LogP contribution in [-0.2, 0) is 0 Å². The van der Waals surface area contributed by atoms with Gasteiger partial charge in [0.25, 0.3) is 5.69 Å². The maximum atomic E-state index is 10.7. The number of rotatable bonds is 4. The van der Waals surface area contributed by atoms with Gasteiger partial charge in [-0.05, 0) is 28.8 Å². The molecule has 0 bridgehead atoms. The molecule has 0 saturated heterocycles. The van der Waals surface area contributed by atoms with Crippen molar-refractivity contribution in [1.29, 1.82) is 0 Å². The zero-order chi connectivity index (χ0) is 13.7. The van der Waals surface area contributed by atoms with Crippen LogP contribution in [0.15, 0.2) is 73.3 Å². The first-order valence-electron chi connectivity index (χ1n) is 5.85. The second-order valence-electron chi connectivity index (χ2n) is 3.99. The third kappa shape index (κ3) is 2.96. The van der Waals surface area contributed by atoms with Crippen molar-refractivity contribution in [3.05, 3.63) is 94.6 Å². The molecule has 0 aliphatic rings. The standard InChI is InChI=1S/C16H13NO2/c1-2-6-16(13-7-4-3-5-8-13)14-9-11-15(12-10-14)17(18)19/h2-12H,1H2/b16-6-.